The van der Waals surface area contributed by atoms with E-state index in [1.807, 2.05) is 0 Å². The number of aromatic nitrogens is 1. The van der Waals surface area contributed by atoms with Crippen molar-refractivity contribution >= 4 is 22.9 Å². The number of nitro groups is 2. The molecule has 1 aromatic heterocycles. The first-order chi connectivity index (χ1) is 6.86. The van der Waals surface area contributed by atoms with Gasteiger partial charge in [-0.1, -0.05) is 0 Å². The van der Waals surface area contributed by atoms with Crippen molar-refractivity contribution < 1.29 is 14.6 Å². The molecule has 0 bridgehead atoms. The van der Waals surface area contributed by atoms with Gasteiger partial charge in [0.25, 0.3) is 0 Å². The highest BCUT2D eigenvalue weighted by molar-refractivity contribution is 5.75. The molecule has 0 radical (unpaired) electrons. The fourth-order valence-electron chi connectivity index (χ4n) is 0.951. The van der Waals surface area contributed by atoms with Crippen molar-refractivity contribution in [2.24, 2.45) is 0 Å². The molecule has 80 valence electrons. The first-order valence-electron chi connectivity index (χ1n) is 3.46. The lowest BCUT2D eigenvalue weighted by Gasteiger charge is -2.05. The number of nitrogens with zero attached hydrogens (tertiary/aromatic N) is 3. The molecule has 1 rings (SSSR count). The summed E-state index contributed by atoms with van der Waals surface area (Å²) < 4.78 is -0.174. The van der Waals surface area contributed by atoms with Crippen molar-refractivity contribution in [3.63, 3.8) is 0 Å². The maximum absolute atomic E-state index is 10.9. The molecule has 10 nitrogen and oxygen atoms in total. The minimum absolute atomic E-state index is 0.174. The Morgan fingerprint density at radius 3 is 2.13 bits per heavy atom. The summed E-state index contributed by atoms with van der Waals surface area (Å²) in [6.07, 6.45) is 0.470. The average molecular weight is 215 g/mol. The third-order valence-corrected chi connectivity index (χ3v) is 1.63. The molecular formula is C5H5N5O5. The molecular weight excluding hydrogens is 210 g/mol. The van der Waals surface area contributed by atoms with E-state index in [2.05, 4.69) is 0 Å². The minimum atomic E-state index is -1.05. The quantitative estimate of drug-likeness (QED) is 0.284. The van der Waals surface area contributed by atoms with Crippen LogP contribution in [0, 0.1) is 25.4 Å². The highest BCUT2D eigenvalue weighted by Crippen LogP contribution is 2.32. The summed E-state index contributed by atoms with van der Waals surface area (Å²) in [5.41, 5.74) is 7.64. The number of rotatable bonds is 2. The zero-order valence-electron chi connectivity index (χ0n) is 7.11. The molecule has 0 aliphatic carbocycles. The highest BCUT2D eigenvalue weighted by Gasteiger charge is 2.31. The average Bonchev–Trinajstić information content (AvgIpc) is 2.10. The van der Waals surface area contributed by atoms with Crippen LogP contribution in [0.25, 0.3) is 0 Å². The van der Waals surface area contributed by atoms with Crippen molar-refractivity contribution in [3.05, 3.63) is 31.6 Å². The number of nitrogen functional groups attached to an aromatic ring is 2. The Balaban J connectivity index is 3.63. The third-order valence-electron chi connectivity index (χ3n) is 1.63. The molecule has 0 saturated heterocycles. The SMILES string of the molecule is Nc1c([N+](=O)[O-])c[n+]([O-])c(N)c1[N+](=O)[O-]. The van der Waals surface area contributed by atoms with Gasteiger partial charge in [-0.2, -0.15) is 0 Å². The molecule has 1 heterocycles. The van der Waals surface area contributed by atoms with E-state index in [0.717, 1.165) is 0 Å². The Bertz CT molecular complexity index is 458. The van der Waals surface area contributed by atoms with Gasteiger partial charge in [-0.25, -0.2) is 4.73 Å². The van der Waals surface area contributed by atoms with Gasteiger partial charge in [0.2, 0.25) is 5.69 Å². The van der Waals surface area contributed by atoms with Gasteiger partial charge in [-0.05, 0) is 0 Å². The van der Waals surface area contributed by atoms with Crippen LogP contribution < -0.4 is 16.2 Å². The van der Waals surface area contributed by atoms with Crippen LogP contribution in [0.2, 0.25) is 0 Å². The predicted molar refractivity (Wildman–Crippen MR) is 47.5 cm³/mol. The van der Waals surface area contributed by atoms with Crippen LogP contribution in [0.4, 0.5) is 22.9 Å². The zero-order valence-corrected chi connectivity index (χ0v) is 7.11. The fourth-order valence-corrected chi connectivity index (χ4v) is 0.951. The van der Waals surface area contributed by atoms with Crippen LogP contribution >= 0.6 is 0 Å². The third kappa shape index (κ3) is 1.54. The number of anilines is 2. The van der Waals surface area contributed by atoms with E-state index in [1.165, 1.54) is 0 Å². The van der Waals surface area contributed by atoms with E-state index >= 15 is 0 Å². The van der Waals surface area contributed by atoms with Crippen LogP contribution in [0.3, 0.4) is 0 Å². The van der Waals surface area contributed by atoms with E-state index in [4.69, 9.17) is 11.5 Å². The van der Waals surface area contributed by atoms with Crippen LogP contribution in [-0.2, 0) is 0 Å². The predicted octanol–water partition coefficient (Wildman–Crippen LogP) is -0.699. The van der Waals surface area contributed by atoms with E-state index in [1.54, 1.807) is 0 Å². The molecule has 0 aliphatic heterocycles. The smallest absolute Gasteiger partial charge is 0.387 e. The fraction of sp³-hybridized carbons (Fsp3) is 0. The number of hydrogen-bond donors (Lipinski definition) is 2. The Hall–Kier alpha value is -2.65. The van der Waals surface area contributed by atoms with Crippen molar-refractivity contribution in [2.45, 2.75) is 0 Å². The standard InChI is InChI=1S/C5H5N5O5/c6-3-2(9(12)13)1-8(11)5(7)4(3)10(14)15/h1H,6-7H2. The monoisotopic (exact) mass is 215 g/mol. The Kier molecular flexibility index (Phi) is 2.26. The Labute approximate surface area is 81.6 Å². The van der Waals surface area contributed by atoms with E-state index in [0.29, 0.717) is 6.20 Å². The summed E-state index contributed by atoms with van der Waals surface area (Å²) in [5.74, 6) is -0.789. The molecule has 4 N–H and O–H groups in total. The summed E-state index contributed by atoms with van der Waals surface area (Å²) in [6, 6.07) is 0. The van der Waals surface area contributed by atoms with E-state index < -0.39 is 32.7 Å². The largest absolute Gasteiger partial charge is 0.710 e. The summed E-state index contributed by atoms with van der Waals surface area (Å²) in [5, 5.41) is 31.8. The van der Waals surface area contributed by atoms with Crippen LogP contribution in [-0.4, -0.2) is 9.85 Å². The minimum Gasteiger partial charge on any atom is -0.710 e. The molecule has 10 heteroatoms. The summed E-state index contributed by atoms with van der Waals surface area (Å²) >= 11 is 0. The lowest BCUT2D eigenvalue weighted by molar-refractivity contribution is -0.598. The summed E-state index contributed by atoms with van der Waals surface area (Å²) in [4.78, 5) is 18.8. The summed E-state index contributed by atoms with van der Waals surface area (Å²) in [7, 11) is 0. The lowest BCUT2D eigenvalue weighted by atomic mass is 10.3. The first kappa shape index (κ1) is 10.4. The molecule has 1 aromatic rings. The summed E-state index contributed by atoms with van der Waals surface area (Å²) in [6.45, 7) is 0. The molecule has 0 fully saturated rings. The van der Waals surface area contributed by atoms with Crippen molar-refractivity contribution in [2.75, 3.05) is 11.5 Å². The second-order valence-electron chi connectivity index (χ2n) is 2.50. The van der Waals surface area contributed by atoms with E-state index in [-0.39, 0.29) is 4.73 Å². The maximum atomic E-state index is 10.9. The molecule has 0 atom stereocenters. The molecule has 0 aromatic carbocycles. The topological polar surface area (TPSA) is 165 Å². The van der Waals surface area contributed by atoms with Gasteiger partial charge in [-0.15, -0.1) is 0 Å². The molecule has 15 heavy (non-hydrogen) atoms. The Morgan fingerprint density at radius 1 is 1.20 bits per heavy atom. The van der Waals surface area contributed by atoms with Gasteiger partial charge in [0.1, 0.15) is 0 Å². The van der Waals surface area contributed by atoms with Crippen molar-refractivity contribution in [3.8, 4) is 0 Å². The van der Waals surface area contributed by atoms with Crippen LogP contribution in [0.15, 0.2) is 6.20 Å². The first-order valence-corrected chi connectivity index (χ1v) is 3.46. The second kappa shape index (κ2) is 3.25. The molecule has 0 saturated carbocycles. The highest BCUT2D eigenvalue weighted by atomic mass is 16.6. The van der Waals surface area contributed by atoms with Gasteiger partial charge in [0.05, 0.1) is 9.85 Å². The maximum Gasteiger partial charge on any atom is 0.387 e. The van der Waals surface area contributed by atoms with Crippen molar-refractivity contribution in [1.82, 2.24) is 0 Å². The number of hydrogen-bond acceptors (Lipinski definition) is 7. The van der Waals surface area contributed by atoms with E-state index in [9.17, 15) is 25.4 Å². The number of nitrogens with two attached hydrogens (primary N) is 2. The van der Waals surface area contributed by atoms with Crippen molar-refractivity contribution in [1.29, 1.82) is 0 Å². The van der Waals surface area contributed by atoms with Crippen LogP contribution in [0.1, 0.15) is 0 Å². The van der Waals surface area contributed by atoms with Gasteiger partial charge >= 0.3 is 17.2 Å². The molecule has 0 amide bonds. The molecule has 0 aliphatic rings. The second-order valence-corrected chi connectivity index (χ2v) is 2.50. The van der Waals surface area contributed by atoms with Gasteiger partial charge in [0, 0.05) is 0 Å². The van der Waals surface area contributed by atoms with Crippen LogP contribution in [0.5, 0.6) is 0 Å². The zero-order chi connectivity index (χ0) is 11.7. The van der Waals surface area contributed by atoms with Gasteiger partial charge in [-0.3, -0.25) is 26.0 Å². The Morgan fingerprint density at radius 2 is 1.73 bits per heavy atom. The number of pyridine rings is 1. The molecule has 0 spiro atoms. The normalized spacial score (nSPS) is 9.87. The molecule has 0 unspecified atom stereocenters. The van der Waals surface area contributed by atoms with Gasteiger partial charge < -0.3 is 10.9 Å². The van der Waals surface area contributed by atoms with Gasteiger partial charge in [0.15, 0.2) is 6.20 Å². The lowest BCUT2D eigenvalue weighted by Crippen LogP contribution is -2.32.